The Labute approximate surface area is 77.4 Å². The van der Waals surface area contributed by atoms with E-state index in [9.17, 15) is 5.11 Å². The summed E-state index contributed by atoms with van der Waals surface area (Å²) in [7, 11) is 0. The van der Waals surface area contributed by atoms with Crippen molar-refractivity contribution in [2.45, 2.75) is 37.8 Å². The van der Waals surface area contributed by atoms with Crippen LogP contribution in [0.25, 0.3) is 0 Å². The molecule has 2 rings (SSSR count). The molecule has 3 N–H and O–H groups in total. The third-order valence-corrected chi connectivity index (χ3v) is 2.85. The molecule has 0 atom stereocenters. The van der Waals surface area contributed by atoms with E-state index in [1.54, 1.807) is 6.20 Å². The average Bonchev–Trinajstić information content (AvgIpc) is 2.44. The zero-order valence-electron chi connectivity index (χ0n) is 7.61. The van der Waals surface area contributed by atoms with Gasteiger partial charge in [-0.15, -0.1) is 0 Å². The molecule has 1 aliphatic rings. The van der Waals surface area contributed by atoms with Gasteiger partial charge in [-0.3, -0.25) is 0 Å². The lowest BCUT2D eigenvalue weighted by Gasteiger charge is -2.36. The number of aliphatic hydroxyl groups is 1. The summed E-state index contributed by atoms with van der Waals surface area (Å²) in [6.45, 7) is 0.766. The minimum Gasteiger partial charge on any atom is -0.390 e. The molecule has 0 radical (unpaired) electrons. The maximum Gasteiger partial charge on any atom is 0.200 e. The number of hydrogen-bond donors (Lipinski definition) is 2. The zero-order valence-corrected chi connectivity index (χ0v) is 7.61. The van der Waals surface area contributed by atoms with E-state index < -0.39 is 5.60 Å². The number of aryl methyl sites for hydroxylation is 1. The predicted octanol–water partition coefficient (Wildman–Crippen LogP) is 0.770. The molecular weight excluding hydrogens is 166 g/mol. The average molecular weight is 181 g/mol. The van der Waals surface area contributed by atoms with Gasteiger partial charge in [0.1, 0.15) is 0 Å². The van der Waals surface area contributed by atoms with Crippen molar-refractivity contribution in [2.24, 2.45) is 0 Å². The van der Waals surface area contributed by atoms with E-state index in [2.05, 4.69) is 4.98 Å². The fourth-order valence-corrected chi connectivity index (χ4v) is 1.69. The first-order valence-electron chi connectivity index (χ1n) is 4.69. The van der Waals surface area contributed by atoms with Crippen LogP contribution in [0.3, 0.4) is 0 Å². The third kappa shape index (κ3) is 1.67. The summed E-state index contributed by atoms with van der Waals surface area (Å²) in [5.74, 6) is 0.530. The third-order valence-electron chi connectivity index (χ3n) is 2.85. The number of rotatable bonds is 3. The normalized spacial score (nSPS) is 19.8. The maximum absolute atomic E-state index is 9.83. The topological polar surface area (TPSA) is 64.1 Å². The number of nitrogens with two attached hydrogens (primary N) is 1. The minimum absolute atomic E-state index is 0.420. The van der Waals surface area contributed by atoms with E-state index >= 15 is 0 Å². The molecule has 1 aromatic heterocycles. The molecule has 1 aliphatic carbocycles. The SMILES string of the molecule is Nc1nccn1CCC1(O)CCC1. The predicted molar refractivity (Wildman–Crippen MR) is 50.1 cm³/mol. The molecule has 0 amide bonds. The molecule has 1 aromatic rings. The van der Waals surface area contributed by atoms with Crippen molar-refractivity contribution >= 4 is 5.95 Å². The number of nitrogens with zero attached hydrogens (tertiary/aromatic N) is 2. The summed E-state index contributed by atoms with van der Waals surface area (Å²) in [4.78, 5) is 3.92. The van der Waals surface area contributed by atoms with Crippen molar-refractivity contribution < 1.29 is 5.11 Å². The molecule has 4 nitrogen and oxygen atoms in total. The van der Waals surface area contributed by atoms with Gasteiger partial charge >= 0.3 is 0 Å². The quantitative estimate of drug-likeness (QED) is 0.724. The van der Waals surface area contributed by atoms with Crippen molar-refractivity contribution in [1.29, 1.82) is 0 Å². The molecule has 72 valence electrons. The van der Waals surface area contributed by atoms with E-state index in [1.165, 1.54) is 0 Å². The lowest BCUT2D eigenvalue weighted by Crippen LogP contribution is -2.37. The summed E-state index contributed by atoms with van der Waals surface area (Å²) >= 11 is 0. The number of aromatic nitrogens is 2. The van der Waals surface area contributed by atoms with Gasteiger partial charge in [-0.1, -0.05) is 0 Å². The first-order chi connectivity index (χ1) is 6.20. The lowest BCUT2D eigenvalue weighted by molar-refractivity contribution is -0.0431. The monoisotopic (exact) mass is 181 g/mol. The van der Waals surface area contributed by atoms with Crippen LogP contribution in [0.5, 0.6) is 0 Å². The van der Waals surface area contributed by atoms with Crippen LogP contribution in [0.1, 0.15) is 25.7 Å². The second-order valence-electron chi connectivity index (χ2n) is 3.81. The Hall–Kier alpha value is -1.03. The standard InChI is InChI=1S/C9H15N3O/c10-8-11-5-7-12(8)6-4-9(13)2-1-3-9/h5,7,13H,1-4,6H2,(H2,10,11). The molecule has 0 bridgehead atoms. The molecule has 1 heterocycles. The van der Waals surface area contributed by atoms with Crippen LogP contribution in [0, 0.1) is 0 Å². The molecule has 0 saturated heterocycles. The molecule has 0 aliphatic heterocycles. The highest BCUT2D eigenvalue weighted by atomic mass is 16.3. The van der Waals surface area contributed by atoms with E-state index in [4.69, 9.17) is 5.73 Å². The van der Waals surface area contributed by atoms with Crippen LogP contribution in [0.4, 0.5) is 5.95 Å². The molecule has 1 fully saturated rings. The zero-order chi connectivity index (χ0) is 9.31. The lowest BCUT2D eigenvalue weighted by atomic mass is 9.78. The van der Waals surface area contributed by atoms with Gasteiger partial charge in [-0.25, -0.2) is 4.98 Å². The Bertz CT molecular complexity index is 291. The maximum atomic E-state index is 9.83. The molecule has 13 heavy (non-hydrogen) atoms. The first-order valence-corrected chi connectivity index (χ1v) is 4.69. The molecule has 0 spiro atoms. The Kier molecular flexibility index (Phi) is 2.00. The number of hydrogen-bond acceptors (Lipinski definition) is 3. The van der Waals surface area contributed by atoms with E-state index in [-0.39, 0.29) is 0 Å². The van der Waals surface area contributed by atoms with Gasteiger partial charge in [0.25, 0.3) is 0 Å². The van der Waals surface area contributed by atoms with Crippen LogP contribution >= 0.6 is 0 Å². The second kappa shape index (κ2) is 3.03. The van der Waals surface area contributed by atoms with Crippen molar-refractivity contribution in [3.8, 4) is 0 Å². The number of nitrogen functional groups attached to an aromatic ring is 1. The summed E-state index contributed by atoms with van der Waals surface area (Å²) in [6.07, 6.45) is 7.32. The Morgan fingerprint density at radius 2 is 2.38 bits per heavy atom. The first kappa shape index (κ1) is 8.56. The van der Waals surface area contributed by atoms with Gasteiger partial charge in [0.15, 0.2) is 5.95 Å². The van der Waals surface area contributed by atoms with Gasteiger partial charge in [-0.05, 0) is 25.7 Å². The fourth-order valence-electron chi connectivity index (χ4n) is 1.69. The molecular formula is C9H15N3O. The minimum atomic E-state index is -0.420. The van der Waals surface area contributed by atoms with Gasteiger partial charge < -0.3 is 15.4 Å². The second-order valence-corrected chi connectivity index (χ2v) is 3.81. The number of imidazole rings is 1. The molecule has 1 saturated carbocycles. The number of anilines is 1. The Morgan fingerprint density at radius 3 is 2.85 bits per heavy atom. The van der Waals surface area contributed by atoms with Gasteiger partial charge in [0, 0.05) is 18.9 Å². The van der Waals surface area contributed by atoms with E-state index in [0.717, 1.165) is 32.2 Å². The van der Waals surface area contributed by atoms with E-state index in [1.807, 2.05) is 10.8 Å². The van der Waals surface area contributed by atoms with Crippen molar-refractivity contribution in [3.63, 3.8) is 0 Å². The summed E-state index contributed by atoms with van der Waals surface area (Å²) in [6, 6.07) is 0. The van der Waals surface area contributed by atoms with Gasteiger partial charge in [0.2, 0.25) is 0 Å². The summed E-state index contributed by atoms with van der Waals surface area (Å²) in [5, 5.41) is 9.83. The Balaban J connectivity index is 1.89. The highest BCUT2D eigenvalue weighted by Gasteiger charge is 2.33. The Morgan fingerprint density at radius 1 is 1.62 bits per heavy atom. The molecule has 4 heteroatoms. The van der Waals surface area contributed by atoms with Crippen LogP contribution in [-0.4, -0.2) is 20.3 Å². The smallest absolute Gasteiger partial charge is 0.200 e. The van der Waals surface area contributed by atoms with Gasteiger partial charge in [0.05, 0.1) is 5.60 Å². The summed E-state index contributed by atoms with van der Waals surface area (Å²) < 4.78 is 1.87. The summed E-state index contributed by atoms with van der Waals surface area (Å²) in [5.41, 5.74) is 5.18. The molecule has 0 unspecified atom stereocenters. The highest BCUT2D eigenvalue weighted by Crippen LogP contribution is 2.34. The fraction of sp³-hybridized carbons (Fsp3) is 0.667. The van der Waals surface area contributed by atoms with E-state index in [0.29, 0.717) is 5.95 Å². The van der Waals surface area contributed by atoms with Crippen molar-refractivity contribution in [2.75, 3.05) is 5.73 Å². The van der Waals surface area contributed by atoms with Crippen LogP contribution in [-0.2, 0) is 6.54 Å². The van der Waals surface area contributed by atoms with Crippen molar-refractivity contribution in [1.82, 2.24) is 9.55 Å². The highest BCUT2D eigenvalue weighted by molar-refractivity contribution is 5.16. The van der Waals surface area contributed by atoms with Crippen LogP contribution in [0.15, 0.2) is 12.4 Å². The molecule has 0 aromatic carbocycles. The van der Waals surface area contributed by atoms with Crippen LogP contribution in [0.2, 0.25) is 0 Å². The van der Waals surface area contributed by atoms with Crippen molar-refractivity contribution in [3.05, 3.63) is 12.4 Å². The largest absolute Gasteiger partial charge is 0.390 e. The van der Waals surface area contributed by atoms with Gasteiger partial charge in [-0.2, -0.15) is 0 Å². The van der Waals surface area contributed by atoms with Crippen LogP contribution < -0.4 is 5.73 Å².